The molecule has 0 unspecified atom stereocenters. The zero-order valence-corrected chi connectivity index (χ0v) is 14.1. The molecule has 0 saturated heterocycles. The molecule has 0 aliphatic carbocycles. The Labute approximate surface area is 146 Å². The van der Waals surface area contributed by atoms with Crippen LogP contribution in [-0.2, 0) is 16.2 Å². The highest BCUT2D eigenvalue weighted by molar-refractivity contribution is 5.99. The third-order valence-corrected chi connectivity index (χ3v) is 4.06. The summed E-state index contributed by atoms with van der Waals surface area (Å²) < 4.78 is 13.1. The second-order valence-corrected chi connectivity index (χ2v) is 5.94. The summed E-state index contributed by atoms with van der Waals surface area (Å²) in [6.07, 6.45) is 2.52. The summed E-state index contributed by atoms with van der Waals surface area (Å²) in [5, 5.41) is 4.11. The molecule has 0 spiro atoms. The van der Waals surface area contributed by atoms with Gasteiger partial charge in [0.05, 0.1) is 12.2 Å². The fourth-order valence-electron chi connectivity index (χ4n) is 2.75. The molecule has 5 nitrogen and oxygen atoms in total. The van der Waals surface area contributed by atoms with Crippen LogP contribution in [0.2, 0.25) is 0 Å². The molecule has 0 N–H and O–H groups in total. The third-order valence-electron chi connectivity index (χ3n) is 4.06. The van der Waals surface area contributed by atoms with Crippen molar-refractivity contribution in [1.82, 2.24) is 9.88 Å². The first-order valence-corrected chi connectivity index (χ1v) is 8.32. The molecule has 2 aromatic rings. The van der Waals surface area contributed by atoms with Crippen LogP contribution in [0.3, 0.4) is 0 Å². The molecule has 1 aliphatic rings. The highest BCUT2D eigenvalue weighted by Gasteiger charge is 2.26. The molecule has 0 saturated carbocycles. The maximum atomic E-state index is 13.1. The monoisotopic (exact) mass is 341 g/mol. The smallest absolute Gasteiger partial charge is 0.222 e. The Balaban J connectivity index is 1.63. The van der Waals surface area contributed by atoms with Crippen molar-refractivity contribution in [2.45, 2.75) is 32.4 Å². The standard InChI is InChI=1S/C19H20FN3O2/c1-2-19(24)23(12-14-6-8-15(20)9-7-14)13-16-11-18(22-25-16)17-5-3-4-10-21-17/h3-10,16H,2,11-13H2,1H3/t16-/m1/s1. The summed E-state index contributed by atoms with van der Waals surface area (Å²) in [5.74, 6) is -0.260. The number of aromatic nitrogens is 1. The minimum absolute atomic E-state index is 0.0270. The van der Waals surface area contributed by atoms with Crippen LogP contribution >= 0.6 is 0 Å². The van der Waals surface area contributed by atoms with Crippen molar-refractivity contribution in [3.8, 4) is 0 Å². The van der Waals surface area contributed by atoms with E-state index in [0.29, 0.717) is 25.9 Å². The second-order valence-electron chi connectivity index (χ2n) is 5.94. The Kier molecular flexibility index (Phi) is 5.38. The summed E-state index contributed by atoms with van der Waals surface area (Å²) in [5.41, 5.74) is 2.46. The van der Waals surface area contributed by atoms with Gasteiger partial charge in [0.2, 0.25) is 5.91 Å². The topological polar surface area (TPSA) is 54.8 Å². The maximum Gasteiger partial charge on any atom is 0.222 e. The van der Waals surface area contributed by atoms with E-state index in [1.54, 1.807) is 23.2 Å². The van der Waals surface area contributed by atoms with Crippen LogP contribution in [0, 0.1) is 5.82 Å². The van der Waals surface area contributed by atoms with E-state index in [1.807, 2.05) is 25.1 Å². The number of rotatable bonds is 6. The number of oxime groups is 1. The van der Waals surface area contributed by atoms with Gasteiger partial charge in [0.15, 0.2) is 6.10 Å². The summed E-state index contributed by atoms with van der Waals surface area (Å²) in [6.45, 7) is 2.68. The van der Waals surface area contributed by atoms with Gasteiger partial charge in [0, 0.05) is 25.6 Å². The van der Waals surface area contributed by atoms with Gasteiger partial charge in [0.1, 0.15) is 11.5 Å². The molecule has 0 radical (unpaired) electrons. The van der Waals surface area contributed by atoms with E-state index in [4.69, 9.17) is 4.84 Å². The third kappa shape index (κ3) is 4.41. The average Bonchev–Trinajstić information content (AvgIpc) is 3.11. The van der Waals surface area contributed by atoms with Gasteiger partial charge in [-0.05, 0) is 29.8 Å². The Hall–Kier alpha value is -2.76. The SMILES string of the molecule is CCC(=O)N(Cc1ccc(F)cc1)C[C@H]1CC(c2ccccn2)=NO1. The number of hydrogen-bond donors (Lipinski definition) is 0. The fourth-order valence-corrected chi connectivity index (χ4v) is 2.75. The molecule has 0 fully saturated rings. The Morgan fingerprint density at radius 1 is 1.28 bits per heavy atom. The van der Waals surface area contributed by atoms with Gasteiger partial charge in [-0.15, -0.1) is 0 Å². The maximum absolute atomic E-state index is 13.1. The van der Waals surface area contributed by atoms with Crippen molar-refractivity contribution < 1.29 is 14.0 Å². The second kappa shape index (κ2) is 7.88. The van der Waals surface area contributed by atoms with E-state index in [0.717, 1.165) is 17.0 Å². The van der Waals surface area contributed by atoms with Crippen LogP contribution in [0.5, 0.6) is 0 Å². The van der Waals surface area contributed by atoms with E-state index in [9.17, 15) is 9.18 Å². The van der Waals surface area contributed by atoms with Gasteiger partial charge in [0.25, 0.3) is 0 Å². The number of pyridine rings is 1. The van der Waals surface area contributed by atoms with Crippen molar-refractivity contribution in [2.24, 2.45) is 5.16 Å². The first kappa shape index (κ1) is 17.1. The van der Waals surface area contributed by atoms with Crippen molar-refractivity contribution in [1.29, 1.82) is 0 Å². The number of carbonyl (C=O) groups excluding carboxylic acids is 1. The lowest BCUT2D eigenvalue weighted by Crippen LogP contribution is -2.36. The van der Waals surface area contributed by atoms with Crippen LogP contribution < -0.4 is 0 Å². The van der Waals surface area contributed by atoms with E-state index < -0.39 is 0 Å². The molecule has 0 bridgehead atoms. The van der Waals surface area contributed by atoms with Gasteiger partial charge in [-0.25, -0.2) is 4.39 Å². The summed E-state index contributed by atoms with van der Waals surface area (Å²) in [6, 6.07) is 11.8. The minimum Gasteiger partial charge on any atom is -0.390 e. The molecule has 1 aliphatic heterocycles. The van der Waals surface area contributed by atoms with Crippen molar-refractivity contribution in [3.63, 3.8) is 0 Å². The first-order valence-electron chi connectivity index (χ1n) is 8.32. The number of amides is 1. The Morgan fingerprint density at radius 3 is 2.76 bits per heavy atom. The summed E-state index contributed by atoms with van der Waals surface area (Å²) >= 11 is 0. The van der Waals surface area contributed by atoms with Gasteiger partial charge in [-0.1, -0.05) is 30.3 Å². The van der Waals surface area contributed by atoms with Gasteiger partial charge < -0.3 is 9.74 Å². The van der Waals surface area contributed by atoms with Crippen LogP contribution in [0.25, 0.3) is 0 Å². The largest absolute Gasteiger partial charge is 0.390 e. The molecular formula is C19H20FN3O2. The van der Waals surface area contributed by atoms with Crippen LogP contribution in [0.15, 0.2) is 53.8 Å². The zero-order valence-electron chi connectivity index (χ0n) is 14.1. The summed E-state index contributed by atoms with van der Waals surface area (Å²) in [4.78, 5) is 23.8. The van der Waals surface area contributed by atoms with Crippen LogP contribution in [0.4, 0.5) is 4.39 Å². The lowest BCUT2D eigenvalue weighted by atomic mass is 10.1. The molecule has 2 heterocycles. The predicted molar refractivity (Wildman–Crippen MR) is 92.4 cm³/mol. The molecule has 3 rings (SSSR count). The van der Waals surface area contributed by atoms with Gasteiger partial charge >= 0.3 is 0 Å². The molecule has 1 aromatic heterocycles. The highest BCUT2D eigenvalue weighted by Crippen LogP contribution is 2.18. The van der Waals surface area contributed by atoms with Crippen LogP contribution in [0.1, 0.15) is 31.0 Å². The number of halogens is 1. The Bertz CT molecular complexity index is 747. The van der Waals surface area contributed by atoms with Gasteiger partial charge in [-0.2, -0.15) is 0 Å². The Morgan fingerprint density at radius 2 is 2.08 bits per heavy atom. The number of nitrogens with zero attached hydrogens (tertiary/aromatic N) is 3. The summed E-state index contributed by atoms with van der Waals surface area (Å²) in [7, 11) is 0. The van der Waals surface area contributed by atoms with E-state index >= 15 is 0 Å². The normalized spacial score (nSPS) is 16.2. The molecule has 130 valence electrons. The molecule has 25 heavy (non-hydrogen) atoms. The first-order chi connectivity index (χ1) is 12.2. The zero-order chi connectivity index (χ0) is 17.6. The lowest BCUT2D eigenvalue weighted by Gasteiger charge is -2.24. The highest BCUT2D eigenvalue weighted by atomic mass is 19.1. The number of hydrogen-bond acceptors (Lipinski definition) is 4. The van der Waals surface area contributed by atoms with Crippen molar-refractivity contribution >= 4 is 11.6 Å². The average molecular weight is 341 g/mol. The van der Waals surface area contributed by atoms with E-state index in [1.165, 1.54) is 12.1 Å². The van der Waals surface area contributed by atoms with E-state index in [-0.39, 0.29) is 17.8 Å². The molecule has 6 heteroatoms. The minimum atomic E-state index is -0.287. The molecule has 1 amide bonds. The van der Waals surface area contributed by atoms with Gasteiger partial charge in [-0.3, -0.25) is 9.78 Å². The quantitative estimate of drug-likeness (QED) is 0.811. The molecule has 1 aromatic carbocycles. The van der Waals surface area contributed by atoms with Crippen LogP contribution in [-0.4, -0.2) is 34.2 Å². The van der Waals surface area contributed by atoms with Crippen molar-refractivity contribution in [2.75, 3.05) is 6.54 Å². The predicted octanol–water partition coefficient (Wildman–Crippen LogP) is 3.15. The molecular weight excluding hydrogens is 321 g/mol. The fraction of sp³-hybridized carbons (Fsp3) is 0.316. The number of carbonyl (C=O) groups is 1. The lowest BCUT2D eigenvalue weighted by molar-refractivity contribution is -0.133. The van der Waals surface area contributed by atoms with E-state index in [2.05, 4.69) is 10.1 Å². The molecule has 1 atom stereocenters. The number of benzene rings is 1. The van der Waals surface area contributed by atoms with Crippen molar-refractivity contribution in [3.05, 3.63) is 65.7 Å².